The number of phenolic OH excluding ortho intramolecular Hbond substituents is 1. The zero-order valence-corrected chi connectivity index (χ0v) is 23.5. The Kier molecular flexibility index (Phi) is 6.88. The maximum Gasteiger partial charge on any atom is 0.231 e. The van der Waals surface area contributed by atoms with Crippen molar-refractivity contribution in [3.8, 4) is 17.2 Å². The fourth-order valence-corrected chi connectivity index (χ4v) is 8.00. The quantitative estimate of drug-likeness (QED) is 0.284. The summed E-state index contributed by atoms with van der Waals surface area (Å²) in [5.41, 5.74) is 1.53. The summed E-state index contributed by atoms with van der Waals surface area (Å²) in [6.45, 7) is 4.60. The van der Waals surface area contributed by atoms with Crippen molar-refractivity contribution in [2.75, 3.05) is 18.7 Å². The predicted octanol–water partition coefficient (Wildman–Crippen LogP) is 4.44. The lowest BCUT2D eigenvalue weighted by Crippen LogP contribution is -2.57. The number of anilines is 2. The van der Waals surface area contributed by atoms with Gasteiger partial charge in [0.25, 0.3) is 0 Å². The van der Waals surface area contributed by atoms with Crippen LogP contribution in [0.15, 0.2) is 42.5 Å². The van der Waals surface area contributed by atoms with E-state index in [9.17, 15) is 20.1 Å². The number of fused-ring (bicyclic) bond motifs is 3. The Balaban J connectivity index is 1.28. The molecule has 5 atom stereocenters. The molecule has 2 aliphatic carbocycles. The summed E-state index contributed by atoms with van der Waals surface area (Å²) < 4.78 is 10.9. The van der Waals surface area contributed by atoms with E-state index in [0.29, 0.717) is 36.0 Å². The van der Waals surface area contributed by atoms with Crippen LogP contribution in [0.5, 0.6) is 17.2 Å². The van der Waals surface area contributed by atoms with E-state index >= 15 is 0 Å². The van der Waals surface area contributed by atoms with Gasteiger partial charge in [-0.05, 0) is 60.4 Å². The zero-order valence-electron chi connectivity index (χ0n) is 22.6. The molecule has 5 N–H and O–H groups in total. The van der Waals surface area contributed by atoms with E-state index in [0.717, 1.165) is 28.2 Å². The number of rotatable bonds is 7. The Morgan fingerprint density at radius 1 is 1.18 bits per heavy atom. The highest BCUT2D eigenvalue weighted by Crippen LogP contribution is 2.63. The molecule has 2 aromatic carbocycles. The molecule has 40 heavy (non-hydrogen) atoms. The van der Waals surface area contributed by atoms with Crippen molar-refractivity contribution in [1.82, 2.24) is 10.3 Å². The number of amides is 1. The number of benzene rings is 2. The SMILES string of the molecule is C[C@]1(CO)[C@H]2Cc3sc(Nc4cccc(O)c4)nc3[C@@H](CC(=O)NCc3ccc4c(c3)OCO4)[C@]2(C)CC[C@H]1O. The van der Waals surface area contributed by atoms with Crippen molar-refractivity contribution in [3.63, 3.8) is 0 Å². The number of carbonyl (C=O) groups excluding carboxylic acids is 1. The zero-order chi connectivity index (χ0) is 28.1. The maximum atomic E-state index is 13.4. The maximum absolute atomic E-state index is 13.4. The van der Waals surface area contributed by atoms with Gasteiger partial charge in [-0.25, -0.2) is 4.98 Å². The third kappa shape index (κ3) is 4.67. The van der Waals surface area contributed by atoms with Crippen LogP contribution in [0.4, 0.5) is 10.8 Å². The van der Waals surface area contributed by atoms with Gasteiger partial charge in [0.05, 0.1) is 18.4 Å². The Labute approximate surface area is 237 Å². The Bertz CT molecular complexity index is 1430. The number of nitrogens with zero attached hydrogens (tertiary/aromatic N) is 1. The summed E-state index contributed by atoms with van der Waals surface area (Å²) in [4.78, 5) is 19.5. The Morgan fingerprint density at radius 2 is 2.00 bits per heavy atom. The molecule has 1 fully saturated rings. The van der Waals surface area contributed by atoms with Gasteiger partial charge in [-0.15, -0.1) is 11.3 Å². The molecule has 0 unspecified atom stereocenters. The fraction of sp³-hybridized carbons (Fsp3) is 0.467. The van der Waals surface area contributed by atoms with Crippen molar-refractivity contribution in [1.29, 1.82) is 0 Å². The minimum Gasteiger partial charge on any atom is -0.508 e. The summed E-state index contributed by atoms with van der Waals surface area (Å²) in [5, 5.41) is 38.4. The van der Waals surface area contributed by atoms with Gasteiger partial charge in [-0.1, -0.05) is 26.0 Å². The largest absolute Gasteiger partial charge is 0.508 e. The highest BCUT2D eigenvalue weighted by molar-refractivity contribution is 7.15. The minimum atomic E-state index is -0.686. The molecule has 3 aliphatic rings. The molecule has 0 bridgehead atoms. The van der Waals surface area contributed by atoms with E-state index < -0.39 is 11.5 Å². The number of hydrogen-bond acceptors (Lipinski definition) is 9. The monoisotopic (exact) mass is 565 g/mol. The van der Waals surface area contributed by atoms with Gasteiger partial charge in [0, 0.05) is 40.9 Å². The van der Waals surface area contributed by atoms with Gasteiger partial charge in [0.1, 0.15) is 5.75 Å². The average molecular weight is 566 g/mol. The van der Waals surface area contributed by atoms with E-state index in [1.54, 1.807) is 18.2 Å². The Morgan fingerprint density at radius 3 is 2.80 bits per heavy atom. The first-order valence-corrected chi connectivity index (χ1v) is 14.5. The van der Waals surface area contributed by atoms with E-state index in [4.69, 9.17) is 14.5 Å². The first-order chi connectivity index (χ1) is 19.2. The van der Waals surface area contributed by atoms with Gasteiger partial charge < -0.3 is 35.4 Å². The van der Waals surface area contributed by atoms with Crippen LogP contribution < -0.4 is 20.1 Å². The molecule has 3 aromatic rings. The normalized spacial score (nSPS) is 28.4. The lowest BCUT2D eigenvalue weighted by Gasteiger charge is -2.58. The Hall–Kier alpha value is -3.34. The molecule has 1 amide bonds. The van der Waals surface area contributed by atoms with Crippen molar-refractivity contribution >= 4 is 28.1 Å². The summed E-state index contributed by atoms with van der Waals surface area (Å²) in [6.07, 6.45) is 1.61. The van der Waals surface area contributed by atoms with Gasteiger partial charge in [-0.3, -0.25) is 4.79 Å². The number of phenols is 1. The highest BCUT2D eigenvalue weighted by Gasteiger charge is 2.59. The number of hydrogen-bond donors (Lipinski definition) is 5. The summed E-state index contributed by atoms with van der Waals surface area (Å²) in [5.74, 6) is 1.25. The van der Waals surface area contributed by atoms with Crippen LogP contribution in [-0.2, 0) is 17.8 Å². The van der Waals surface area contributed by atoms with Crippen LogP contribution in [0.2, 0.25) is 0 Å². The first kappa shape index (κ1) is 26.9. The number of nitrogens with one attached hydrogen (secondary N) is 2. The highest BCUT2D eigenvalue weighted by atomic mass is 32.1. The second-order valence-electron chi connectivity index (χ2n) is 11.7. The van der Waals surface area contributed by atoms with Crippen molar-refractivity contribution in [2.45, 2.75) is 58.1 Å². The van der Waals surface area contributed by atoms with E-state index in [-0.39, 0.29) is 48.7 Å². The molecule has 212 valence electrons. The third-order valence-electron chi connectivity index (χ3n) is 9.31. The fourth-order valence-electron chi connectivity index (χ4n) is 6.92. The van der Waals surface area contributed by atoms with E-state index in [1.165, 1.54) is 11.3 Å². The number of carbonyl (C=O) groups is 1. The van der Waals surface area contributed by atoms with Gasteiger partial charge >= 0.3 is 0 Å². The lowest BCUT2D eigenvalue weighted by molar-refractivity contribution is -0.144. The van der Waals surface area contributed by atoms with Gasteiger partial charge in [-0.2, -0.15) is 0 Å². The number of aromatic hydroxyl groups is 1. The van der Waals surface area contributed by atoms with Crippen molar-refractivity contribution in [3.05, 3.63) is 58.6 Å². The minimum absolute atomic E-state index is 0.0259. The molecular formula is C30H35N3O6S. The molecule has 6 rings (SSSR count). The van der Waals surface area contributed by atoms with Crippen LogP contribution in [0, 0.1) is 16.7 Å². The molecule has 1 aliphatic heterocycles. The third-order valence-corrected chi connectivity index (χ3v) is 10.3. The molecule has 1 aromatic heterocycles. The summed E-state index contributed by atoms with van der Waals surface area (Å²) in [6, 6.07) is 12.5. The molecule has 0 spiro atoms. The van der Waals surface area contributed by atoms with Crippen molar-refractivity contribution in [2.24, 2.45) is 16.7 Å². The number of ether oxygens (including phenoxy) is 2. The van der Waals surface area contributed by atoms with Crippen LogP contribution in [0.25, 0.3) is 0 Å². The summed E-state index contributed by atoms with van der Waals surface area (Å²) in [7, 11) is 0. The number of thiazole rings is 1. The molecular weight excluding hydrogens is 530 g/mol. The topological polar surface area (TPSA) is 133 Å². The molecule has 9 nitrogen and oxygen atoms in total. The smallest absolute Gasteiger partial charge is 0.231 e. The number of aromatic nitrogens is 1. The molecule has 0 saturated heterocycles. The molecule has 0 radical (unpaired) electrons. The molecule has 1 saturated carbocycles. The molecule has 2 heterocycles. The van der Waals surface area contributed by atoms with Crippen LogP contribution in [0.3, 0.4) is 0 Å². The number of aliphatic hydroxyl groups excluding tert-OH is 2. The van der Waals surface area contributed by atoms with Crippen LogP contribution in [0.1, 0.15) is 55.2 Å². The average Bonchev–Trinajstić information content (AvgIpc) is 3.57. The second kappa shape index (κ2) is 10.2. The number of aliphatic hydroxyl groups is 2. The van der Waals surface area contributed by atoms with E-state index in [1.807, 2.05) is 31.2 Å². The molecule has 10 heteroatoms. The summed E-state index contributed by atoms with van der Waals surface area (Å²) >= 11 is 1.53. The van der Waals surface area contributed by atoms with Gasteiger partial charge in [0.15, 0.2) is 16.6 Å². The van der Waals surface area contributed by atoms with Crippen LogP contribution >= 0.6 is 11.3 Å². The lowest BCUT2D eigenvalue weighted by atomic mass is 9.47. The van der Waals surface area contributed by atoms with Crippen molar-refractivity contribution < 1.29 is 29.6 Å². The standard InChI is InChI=1S/C30H35N3O6S/c1-29-9-8-25(36)30(2,15-34)24(29)13-23-27(33-28(40-23)32-18-4-3-5-19(35)11-18)20(29)12-26(37)31-14-17-6-7-21-22(10-17)39-16-38-21/h3-7,10-11,20,24-25,34-36H,8-9,12-16H2,1-2H3,(H,31,37)(H,32,33)/t20-,24+,25-,29+,30+/m1/s1. The predicted molar refractivity (Wildman–Crippen MR) is 151 cm³/mol. The first-order valence-electron chi connectivity index (χ1n) is 13.7. The van der Waals surface area contributed by atoms with Gasteiger partial charge in [0.2, 0.25) is 12.7 Å². The second-order valence-corrected chi connectivity index (χ2v) is 12.8. The van der Waals surface area contributed by atoms with Crippen LogP contribution in [-0.4, -0.2) is 45.7 Å². The van der Waals surface area contributed by atoms with E-state index in [2.05, 4.69) is 17.6 Å².